The third kappa shape index (κ3) is 2.02. The molecule has 5 nitrogen and oxygen atoms in total. The van der Waals surface area contributed by atoms with Crippen LogP contribution in [0.15, 0.2) is 29.4 Å². The standard InChI is InChI=1S/C12H11N3O2S/c1-6(14-15-12(13)18)9-10(16)7-4-2-3-5-8(7)11(9)17/h2-5,9H,1H3,(H3,13,15,18)/b14-6-. The van der Waals surface area contributed by atoms with Gasteiger partial charge in [-0.25, -0.2) is 0 Å². The van der Waals surface area contributed by atoms with E-state index in [4.69, 9.17) is 5.73 Å². The Morgan fingerprint density at radius 1 is 1.28 bits per heavy atom. The van der Waals surface area contributed by atoms with Gasteiger partial charge in [0.05, 0.1) is 5.71 Å². The molecule has 0 saturated carbocycles. The van der Waals surface area contributed by atoms with Crippen molar-refractivity contribution in [1.82, 2.24) is 5.43 Å². The molecule has 1 aromatic carbocycles. The molecule has 0 aromatic heterocycles. The van der Waals surface area contributed by atoms with Crippen molar-refractivity contribution in [3.05, 3.63) is 35.4 Å². The molecule has 6 heteroatoms. The summed E-state index contributed by atoms with van der Waals surface area (Å²) in [7, 11) is 0. The second-order valence-electron chi connectivity index (χ2n) is 3.94. The summed E-state index contributed by atoms with van der Waals surface area (Å²) >= 11 is 4.61. The molecule has 0 aliphatic heterocycles. The number of ketones is 2. The number of nitrogens with one attached hydrogen (secondary N) is 1. The van der Waals surface area contributed by atoms with Crippen LogP contribution in [0.25, 0.3) is 0 Å². The molecule has 0 fully saturated rings. The molecule has 0 radical (unpaired) electrons. The van der Waals surface area contributed by atoms with Gasteiger partial charge in [-0.05, 0) is 19.1 Å². The first-order valence-electron chi connectivity index (χ1n) is 5.29. The lowest BCUT2D eigenvalue weighted by atomic mass is 9.99. The fourth-order valence-corrected chi connectivity index (χ4v) is 1.98. The zero-order valence-corrected chi connectivity index (χ0v) is 10.5. The summed E-state index contributed by atoms with van der Waals surface area (Å²) in [6.45, 7) is 1.59. The van der Waals surface area contributed by atoms with Gasteiger partial charge < -0.3 is 5.73 Å². The lowest BCUT2D eigenvalue weighted by Crippen LogP contribution is -2.29. The summed E-state index contributed by atoms with van der Waals surface area (Å²) in [6, 6.07) is 6.74. The van der Waals surface area contributed by atoms with Crippen LogP contribution in [0.2, 0.25) is 0 Å². The van der Waals surface area contributed by atoms with Crippen LogP contribution in [0.1, 0.15) is 27.6 Å². The lowest BCUT2D eigenvalue weighted by molar-refractivity contribution is 0.0883. The highest BCUT2D eigenvalue weighted by Gasteiger charge is 2.40. The van der Waals surface area contributed by atoms with Crippen molar-refractivity contribution in [2.75, 3.05) is 0 Å². The van der Waals surface area contributed by atoms with Gasteiger partial charge in [-0.15, -0.1) is 0 Å². The van der Waals surface area contributed by atoms with Crippen LogP contribution in [-0.2, 0) is 0 Å². The number of thiocarbonyl (C=S) groups is 1. The van der Waals surface area contributed by atoms with Gasteiger partial charge in [0.15, 0.2) is 16.7 Å². The average Bonchev–Trinajstić information content (AvgIpc) is 2.60. The van der Waals surface area contributed by atoms with Crippen molar-refractivity contribution in [2.45, 2.75) is 6.92 Å². The third-order valence-corrected chi connectivity index (χ3v) is 2.83. The van der Waals surface area contributed by atoms with E-state index in [-0.39, 0.29) is 16.7 Å². The van der Waals surface area contributed by atoms with Crippen LogP contribution >= 0.6 is 12.2 Å². The summed E-state index contributed by atoms with van der Waals surface area (Å²) in [4.78, 5) is 24.2. The number of carbonyl (C=O) groups excluding carboxylic acids is 2. The van der Waals surface area contributed by atoms with E-state index in [1.807, 2.05) is 0 Å². The largest absolute Gasteiger partial charge is 0.375 e. The topological polar surface area (TPSA) is 84.5 Å². The fraction of sp³-hybridized carbons (Fsp3) is 0.167. The van der Waals surface area contributed by atoms with Crippen LogP contribution in [0, 0.1) is 5.92 Å². The van der Waals surface area contributed by atoms with E-state index >= 15 is 0 Å². The van der Waals surface area contributed by atoms with Gasteiger partial charge in [0.25, 0.3) is 0 Å². The smallest absolute Gasteiger partial charge is 0.184 e. The minimum absolute atomic E-state index is 0.00948. The Morgan fingerprint density at radius 3 is 2.22 bits per heavy atom. The maximum Gasteiger partial charge on any atom is 0.184 e. The maximum atomic E-state index is 12.1. The molecular weight excluding hydrogens is 250 g/mol. The first-order valence-corrected chi connectivity index (χ1v) is 5.70. The Bertz CT molecular complexity index is 545. The number of benzene rings is 1. The molecule has 92 valence electrons. The molecule has 0 spiro atoms. The predicted molar refractivity (Wildman–Crippen MR) is 71.6 cm³/mol. The molecule has 0 bridgehead atoms. The quantitative estimate of drug-likeness (QED) is 0.357. The Morgan fingerprint density at radius 2 is 1.78 bits per heavy atom. The number of hydrazone groups is 1. The highest BCUT2D eigenvalue weighted by atomic mass is 32.1. The summed E-state index contributed by atoms with van der Waals surface area (Å²) in [5.74, 6) is -1.34. The molecule has 1 aliphatic carbocycles. The van der Waals surface area contributed by atoms with Crippen molar-refractivity contribution in [3.8, 4) is 0 Å². The normalized spacial score (nSPS) is 15.7. The van der Waals surface area contributed by atoms with Gasteiger partial charge in [0.2, 0.25) is 0 Å². The monoisotopic (exact) mass is 261 g/mol. The molecule has 0 unspecified atom stereocenters. The lowest BCUT2D eigenvalue weighted by Gasteiger charge is -2.06. The van der Waals surface area contributed by atoms with Crippen molar-refractivity contribution in [1.29, 1.82) is 0 Å². The van der Waals surface area contributed by atoms with E-state index in [1.165, 1.54) is 0 Å². The van der Waals surface area contributed by atoms with Gasteiger partial charge in [-0.3, -0.25) is 15.0 Å². The summed E-state index contributed by atoms with van der Waals surface area (Å²) in [5, 5.41) is 3.84. The van der Waals surface area contributed by atoms with E-state index < -0.39 is 5.92 Å². The summed E-state index contributed by atoms with van der Waals surface area (Å²) in [6.07, 6.45) is 0. The van der Waals surface area contributed by atoms with Crippen molar-refractivity contribution in [3.63, 3.8) is 0 Å². The summed E-state index contributed by atoms with van der Waals surface area (Å²) < 4.78 is 0. The van der Waals surface area contributed by atoms with E-state index in [0.717, 1.165) is 0 Å². The zero-order valence-electron chi connectivity index (χ0n) is 9.64. The minimum Gasteiger partial charge on any atom is -0.375 e. The molecule has 18 heavy (non-hydrogen) atoms. The Labute approximate surface area is 109 Å². The summed E-state index contributed by atoms with van der Waals surface area (Å²) in [5.41, 5.74) is 8.86. The predicted octanol–water partition coefficient (Wildman–Crippen LogP) is 0.891. The van der Waals surface area contributed by atoms with Gasteiger partial charge in [0, 0.05) is 11.1 Å². The SMILES string of the molecule is C/C(=N/NC(N)=S)C1C(=O)c2ccccc2C1=O. The first kappa shape index (κ1) is 12.4. The molecule has 3 N–H and O–H groups in total. The molecule has 0 saturated heterocycles. The highest BCUT2D eigenvalue weighted by Crippen LogP contribution is 2.27. The molecule has 1 aliphatic rings. The van der Waals surface area contributed by atoms with Crippen LogP contribution in [0.5, 0.6) is 0 Å². The maximum absolute atomic E-state index is 12.1. The van der Waals surface area contributed by atoms with Gasteiger partial charge in [0.1, 0.15) is 5.92 Å². The van der Waals surface area contributed by atoms with Crippen LogP contribution in [0.4, 0.5) is 0 Å². The molecule has 1 aromatic rings. The molecule has 0 amide bonds. The number of nitrogens with two attached hydrogens (primary N) is 1. The number of nitrogens with zero attached hydrogens (tertiary/aromatic N) is 1. The van der Waals surface area contributed by atoms with Crippen molar-refractivity contribution < 1.29 is 9.59 Å². The number of carbonyl (C=O) groups is 2. The molecule has 0 atom stereocenters. The third-order valence-electron chi connectivity index (χ3n) is 2.74. The number of Topliss-reactive ketones (excluding diaryl/α,β-unsaturated/α-hetero) is 2. The van der Waals surface area contributed by atoms with Crippen LogP contribution in [-0.4, -0.2) is 22.4 Å². The molecule has 2 rings (SSSR count). The zero-order chi connectivity index (χ0) is 13.3. The Balaban J connectivity index is 2.34. The highest BCUT2D eigenvalue weighted by molar-refractivity contribution is 7.80. The van der Waals surface area contributed by atoms with Gasteiger partial charge in [-0.1, -0.05) is 24.3 Å². The Hall–Kier alpha value is -2.08. The number of hydrogen-bond donors (Lipinski definition) is 2. The van der Waals surface area contributed by atoms with Crippen LogP contribution in [0.3, 0.4) is 0 Å². The minimum atomic E-state index is -0.871. The average molecular weight is 261 g/mol. The van der Waals surface area contributed by atoms with Crippen molar-refractivity contribution >= 4 is 34.6 Å². The number of rotatable bonds is 2. The van der Waals surface area contributed by atoms with E-state index in [2.05, 4.69) is 22.7 Å². The Kier molecular flexibility index (Phi) is 3.20. The number of fused-ring (bicyclic) bond motifs is 1. The fourth-order valence-electron chi connectivity index (χ4n) is 1.93. The number of hydrogen-bond acceptors (Lipinski definition) is 4. The second kappa shape index (κ2) is 4.66. The van der Waals surface area contributed by atoms with Gasteiger partial charge >= 0.3 is 0 Å². The van der Waals surface area contributed by atoms with E-state index in [9.17, 15) is 9.59 Å². The van der Waals surface area contributed by atoms with Gasteiger partial charge in [-0.2, -0.15) is 5.10 Å². The molecular formula is C12H11N3O2S. The van der Waals surface area contributed by atoms with Crippen molar-refractivity contribution in [2.24, 2.45) is 16.8 Å². The molecule has 0 heterocycles. The second-order valence-corrected chi connectivity index (χ2v) is 4.38. The van der Waals surface area contributed by atoms with E-state index in [0.29, 0.717) is 16.8 Å². The first-order chi connectivity index (χ1) is 8.52. The van der Waals surface area contributed by atoms with Crippen LogP contribution < -0.4 is 11.2 Å². The van der Waals surface area contributed by atoms with E-state index in [1.54, 1.807) is 31.2 Å².